The van der Waals surface area contributed by atoms with E-state index in [-0.39, 0.29) is 5.91 Å². The normalized spacial score (nSPS) is 17.8. The van der Waals surface area contributed by atoms with Gasteiger partial charge in [0.25, 0.3) is 5.91 Å². The van der Waals surface area contributed by atoms with Crippen molar-refractivity contribution >= 4 is 16.9 Å². The Morgan fingerprint density at radius 3 is 2.91 bits per heavy atom. The third kappa shape index (κ3) is 2.95. The highest BCUT2D eigenvalue weighted by atomic mass is 16.5. The number of hydrogen-bond acceptors (Lipinski definition) is 4. The summed E-state index contributed by atoms with van der Waals surface area (Å²) in [7, 11) is 1.86. The number of carbonyl (C=O) groups is 1. The van der Waals surface area contributed by atoms with Crippen molar-refractivity contribution in [1.29, 1.82) is 0 Å². The number of amides is 1. The summed E-state index contributed by atoms with van der Waals surface area (Å²) >= 11 is 0. The molecule has 1 fully saturated rings. The summed E-state index contributed by atoms with van der Waals surface area (Å²) in [6.07, 6.45) is 1.03. The van der Waals surface area contributed by atoms with Crippen LogP contribution in [0.4, 0.5) is 0 Å². The van der Waals surface area contributed by atoms with Crippen LogP contribution in [-0.2, 0) is 11.8 Å². The molecule has 2 aromatic heterocycles. The number of nitrogens with zero attached hydrogens (tertiary/aromatic N) is 4. The Labute approximate surface area is 136 Å². The Bertz CT molecular complexity index is 732. The summed E-state index contributed by atoms with van der Waals surface area (Å²) in [6, 6.07) is 1.88. The fourth-order valence-electron chi connectivity index (χ4n) is 3.30. The molecule has 1 aliphatic heterocycles. The first-order valence-corrected chi connectivity index (χ1v) is 8.19. The maximum atomic E-state index is 13.1. The molecule has 1 atom stereocenters. The minimum Gasteiger partial charge on any atom is -0.381 e. The largest absolute Gasteiger partial charge is 0.381 e. The molecule has 0 saturated carbocycles. The molecule has 2 aromatic rings. The van der Waals surface area contributed by atoms with E-state index >= 15 is 0 Å². The van der Waals surface area contributed by atoms with Gasteiger partial charge in [-0.25, -0.2) is 4.98 Å². The topological polar surface area (TPSA) is 60.2 Å². The van der Waals surface area contributed by atoms with Gasteiger partial charge in [0.05, 0.1) is 23.3 Å². The van der Waals surface area contributed by atoms with E-state index in [2.05, 4.69) is 10.1 Å². The number of fused-ring (bicyclic) bond motifs is 1. The van der Waals surface area contributed by atoms with E-state index < -0.39 is 0 Å². The minimum absolute atomic E-state index is 0.0611. The van der Waals surface area contributed by atoms with Crippen molar-refractivity contribution in [3.05, 3.63) is 23.0 Å². The van der Waals surface area contributed by atoms with Crippen LogP contribution < -0.4 is 0 Å². The molecule has 0 aromatic carbocycles. The molecular formula is C17H24N4O2. The van der Waals surface area contributed by atoms with Crippen LogP contribution in [0.5, 0.6) is 0 Å². The van der Waals surface area contributed by atoms with E-state index in [1.165, 1.54) is 0 Å². The quantitative estimate of drug-likeness (QED) is 0.866. The molecule has 6 nitrogen and oxygen atoms in total. The first-order chi connectivity index (χ1) is 11.0. The number of rotatable bonds is 4. The number of aromatic nitrogens is 3. The number of carbonyl (C=O) groups excluding carboxylic acids is 1. The molecule has 0 bridgehead atoms. The molecule has 1 aliphatic rings. The summed E-state index contributed by atoms with van der Waals surface area (Å²) in [4.78, 5) is 19.6. The second-order valence-electron chi connectivity index (χ2n) is 6.29. The highest BCUT2D eigenvalue weighted by Gasteiger charge is 2.25. The van der Waals surface area contributed by atoms with Crippen molar-refractivity contribution in [2.45, 2.75) is 27.2 Å². The van der Waals surface area contributed by atoms with Crippen LogP contribution >= 0.6 is 0 Å². The summed E-state index contributed by atoms with van der Waals surface area (Å²) in [6.45, 7) is 8.86. The molecule has 0 spiro atoms. The van der Waals surface area contributed by atoms with Gasteiger partial charge in [0, 0.05) is 38.4 Å². The smallest absolute Gasteiger partial charge is 0.254 e. The summed E-state index contributed by atoms with van der Waals surface area (Å²) in [5.74, 6) is 0.498. The average molecular weight is 316 g/mol. The van der Waals surface area contributed by atoms with Gasteiger partial charge < -0.3 is 9.64 Å². The van der Waals surface area contributed by atoms with Crippen LogP contribution in [0.1, 0.15) is 35.1 Å². The molecule has 0 N–H and O–H groups in total. The standard InChI is InChI=1S/C17H24N4O2/c1-5-21(9-13-6-7-23-10-13)17(22)14-8-11(2)18-16-15(14)12(3)19-20(16)4/h8,13H,5-7,9-10H2,1-4H3/t13-/m1/s1. The third-order valence-electron chi connectivity index (χ3n) is 4.50. The molecule has 1 amide bonds. The van der Waals surface area contributed by atoms with E-state index in [1.54, 1.807) is 4.68 Å². The van der Waals surface area contributed by atoms with Crippen molar-refractivity contribution in [3.8, 4) is 0 Å². The molecule has 3 heterocycles. The molecule has 0 unspecified atom stereocenters. The van der Waals surface area contributed by atoms with Crippen LogP contribution in [0.3, 0.4) is 0 Å². The van der Waals surface area contributed by atoms with Gasteiger partial charge in [-0.2, -0.15) is 5.10 Å². The fourth-order valence-corrected chi connectivity index (χ4v) is 3.30. The molecule has 124 valence electrons. The van der Waals surface area contributed by atoms with Crippen LogP contribution in [0.15, 0.2) is 6.07 Å². The number of hydrogen-bond donors (Lipinski definition) is 0. The van der Waals surface area contributed by atoms with Gasteiger partial charge in [-0.3, -0.25) is 9.48 Å². The Balaban J connectivity index is 1.98. The maximum Gasteiger partial charge on any atom is 0.254 e. The van der Waals surface area contributed by atoms with E-state index in [9.17, 15) is 4.79 Å². The van der Waals surface area contributed by atoms with Crippen LogP contribution in [-0.4, -0.2) is 51.9 Å². The van der Waals surface area contributed by atoms with Crippen LogP contribution in [0.25, 0.3) is 11.0 Å². The van der Waals surface area contributed by atoms with Gasteiger partial charge in [0.15, 0.2) is 5.65 Å². The Hall–Kier alpha value is -1.95. The first kappa shape index (κ1) is 15.9. The van der Waals surface area contributed by atoms with Gasteiger partial charge in [0.1, 0.15) is 0 Å². The van der Waals surface area contributed by atoms with E-state index in [1.807, 2.05) is 38.8 Å². The molecule has 0 radical (unpaired) electrons. The SMILES string of the molecule is CCN(C[C@H]1CCOC1)C(=O)c1cc(C)nc2c1c(C)nn2C. The molecule has 23 heavy (non-hydrogen) atoms. The molecule has 6 heteroatoms. The van der Waals surface area contributed by atoms with Crippen molar-refractivity contribution in [1.82, 2.24) is 19.7 Å². The Kier molecular flexibility index (Phi) is 4.35. The summed E-state index contributed by atoms with van der Waals surface area (Å²) in [5.41, 5.74) is 3.16. The Morgan fingerprint density at radius 2 is 2.26 bits per heavy atom. The molecular weight excluding hydrogens is 292 g/mol. The monoisotopic (exact) mass is 316 g/mol. The maximum absolute atomic E-state index is 13.1. The zero-order valence-electron chi connectivity index (χ0n) is 14.3. The second-order valence-corrected chi connectivity index (χ2v) is 6.29. The zero-order valence-corrected chi connectivity index (χ0v) is 14.3. The lowest BCUT2D eigenvalue weighted by atomic mass is 10.1. The van der Waals surface area contributed by atoms with Gasteiger partial charge in [-0.15, -0.1) is 0 Å². The van der Waals surface area contributed by atoms with E-state index in [0.717, 1.165) is 48.6 Å². The van der Waals surface area contributed by atoms with Crippen molar-refractivity contribution in [2.24, 2.45) is 13.0 Å². The van der Waals surface area contributed by atoms with Crippen molar-refractivity contribution in [2.75, 3.05) is 26.3 Å². The van der Waals surface area contributed by atoms with Gasteiger partial charge in [0.2, 0.25) is 0 Å². The molecule has 0 aliphatic carbocycles. The lowest BCUT2D eigenvalue weighted by Gasteiger charge is -2.24. The van der Waals surface area contributed by atoms with Crippen LogP contribution in [0, 0.1) is 19.8 Å². The number of pyridine rings is 1. The molecule has 1 saturated heterocycles. The summed E-state index contributed by atoms with van der Waals surface area (Å²) < 4.78 is 7.18. The predicted octanol–water partition coefficient (Wildman–Crippen LogP) is 2.08. The second kappa shape index (κ2) is 6.28. The first-order valence-electron chi connectivity index (χ1n) is 8.19. The van der Waals surface area contributed by atoms with Crippen molar-refractivity contribution in [3.63, 3.8) is 0 Å². The van der Waals surface area contributed by atoms with Gasteiger partial charge in [-0.1, -0.05) is 0 Å². The highest BCUT2D eigenvalue weighted by molar-refractivity contribution is 6.06. The van der Waals surface area contributed by atoms with Crippen molar-refractivity contribution < 1.29 is 9.53 Å². The predicted molar refractivity (Wildman–Crippen MR) is 88.5 cm³/mol. The third-order valence-corrected chi connectivity index (χ3v) is 4.50. The number of aryl methyl sites for hydroxylation is 3. The minimum atomic E-state index is 0.0611. The van der Waals surface area contributed by atoms with E-state index in [0.29, 0.717) is 18.0 Å². The highest BCUT2D eigenvalue weighted by Crippen LogP contribution is 2.24. The average Bonchev–Trinajstić information content (AvgIpc) is 3.12. The molecule has 3 rings (SSSR count). The van der Waals surface area contributed by atoms with E-state index in [4.69, 9.17) is 4.74 Å². The lowest BCUT2D eigenvalue weighted by Crippen LogP contribution is -2.35. The lowest BCUT2D eigenvalue weighted by molar-refractivity contribution is 0.0732. The summed E-state index contributed by atoms with van der Waals surface area (Å²) in [5, 5.41) is 5.29. The van der Waals surface area contributed by atoms with Gasteiger partial charge >= 0.3 is 0 Å². The van der Waals surface area contributed by atoms with Gasteiger partial charge in [-0.05, 0) is 33.3 Å². The Morgan fingerprint density at radius 1 is 1.48 bits per heavy atom. The van der Waals surface area contributed by atoms with Crippen LogP contribution in [0.2, 0.25) is 0 Å². The fraction of sp³-hybridized carbons (Fsp3) is 0.588. The number of ether oxygens (including phenoxy) is 1. The zero-order chi connectivity index (χ0) is 16.6.